The van der Waals surface area contributed by atoms with E-state index in [2.05, 4.69) is 10.5 Å². The summed E-state index contributed by atoms with van der Waals surface area (Å²) in [6.45, 7) is 0. The monoisotopic (exact) mass is 282 g/mol. The molecule has 2 aromatic rings. The molecular weight excluding hydrogens is 275 g/mol. The van der Waals surface area contributed by atoms with E-state index in [4.69, 9.17) is 27.6 Å². The fraction of sp³-hybridized carbons (Fsp3) is 0. The number of halogens is 2. The van der Waals surface area contributed by atoms with Crippen molar-refractivity contribution in [3.63, 3.8) is 0 Å². The fourth-order valence-electron chi connectivity index (χ4n) is 1.22. The van der Waals surface area contributed by atoms with Crippen molar-refractivity contribution in [3.05, 3.63) is 58.0 Å². The summed E-state index contributed by atoms with van der Waals surface area (Å²) in [5.41, 5.74) is 2.73. The third-order valence-corrected chi connectivity index (χ3v) is 2.82. The maximum absolute atomic E-state index is 11.7. The van der Waals surface area contributed by atoms with Gasteiger partial charge < -0.3 is 4.42 Å². The van der Waals surface area contributed by atoms with Crippen LogP contribution in [-0.4, -0.2) is 12.1 Å². The van der Waals surface area contributed by atoms with Crippen LogP contribution >= 0.6 is 23.2 Å². The molecule has 0 unspecified atom stereocenters. The van der Waals surface area contributed by atoms with Gasteiger partial charge in [-0.3, -0.25) is 4.79 Å². The number of carbonyl (C=O) groups excluding carboxylic acids is 1. The summed E-state index contributed by atoms with van der Waals surface area (Å²) in [6, 6.07) is 8.03. The number of nitrogens with zero attached hydrogens (tertiary/aromatic N) is 1. The molecule has 0 radical (unpaired) electrons. The first-order chi connectivity index (χ1) is 8.66. The van der Waals surface area contributed by atoms with Crippen LogP contribution in [0.15, 0.2) is 46.1 Å². The number of hydrogen-bond donors (Lipinski definition) is 1. The zero-order valence-corrected chi connectivity index (χ0v) is 10.6. The third kappa shape index (κ3) is 3.12. The Kier molecular flexibility index (Phi) is 4.02. The molecule has 1 aromatic heterocycles. The van der Waals surface area contributed by atoms with Gasteiger partial charge in [0.15, 0.2) is 0 Å². The smallest absolute Gasteiger partial charge is 0.271 e. The van der Waals surface area contributed by atoms with Gasteiger partial charge in [0, 0.05) is 5.56 Å². The molecule has 1 aromatic carbocycles. The van der Waals surface area contributed by atoms with Gasteiger partial charge >= 0.3 is 0 Å². The van der Waals surface area contributed by atoms with E-state index < -0.39 is 0 Å². The number of carbonyl (C=O) groups is 1. The largest absolute Gasteiger partial charge is 0.463 e. The number of amides is 1. The molecule has 0 aliphatic carbocycles. The summed E-state index contributed by atoms with van der Waals surface area (Å²) in [4.78, 5) is 11.7. The minimum absolute atomic E-state index is 0.319. The minimum atomic E-state index is -0.378. The van der Waals surface area contributed by atoms with Crippen LogP contribution in [0.25, 0.3) is 0 Å². The number of furan rings is 1. The number of rotatable bonds is 3. The van der Waals surface area contributed by atoms with E-state index in [1.165, 1.54) is 18.5 Å². The lowest BCUT2D eigenvalue weighted by molar-refractivity contribution is 0.0955. The number of benzene rings is 1. The lowest BCUT2D eigenvalue weighted by Gasteiger charge is -2.01. The molecule has 18 heavy (non-hydrogen) atoms. The first kappa shape index (κ1) is 12.7. The molecule has 1 N–H and O–H groups in total. The molecule has 0 fully saturated rings. The molecule has 1 heterocycles. The minimum Gasteiger partial charge on any atom is -0.463 e. The molecule has 0 saturated carbocycles. The Balaban J connectivity index is 2.01. The SMILES string of the molecule is O=C(NN=Cc1ccco1)c1ccc(Cl)c(Cl)c1. The van der Waals surface area contributed by atoms with E-state index in [1.807, 2.05) is 0 Å². The second kappa shape index (κ2) is 5.71. The average Bonchev–Trinajstić information content (AvgIpc) is 2.85. The van der Waals surface area contributed by atoms with Gasteiger partial charge in [-0.15, -0.1) is 0 Å². The number of hydrogen-bond acceptors (Lipinski definition) is 3. The van der Waals surface area contributed by atoms with Crippen molar-refractivity contribution in [1.29, 1.82) is 0 Å². The predicted octanol–water partition coefficient (Wildman–Crippen LogP) is 3.35. The van der Waals surface area contributed by atoms with Crippen molar-refractivity contribution in [2.24, 2.45) is 5.10 Å². The van der Waals surface area contributed by atoms with Crippen LogP contribution in [0.4, 0.5) is 0 Å². The molecule has 92 valence electrons. The summed E-state index contributed by atoms with van der Waals surface area (Å²) in [6.07, 6.45) is 2.91. The van der Waals surface area contributed by atoms with Crippen molar-refractivity contribution in [2.45, 2.75) is 0 Å². The van der Waals surface area contributed by atoms with Crippen LogP contribution in [0.2, 0.25) is 10.0 Å². The van der Waals surface area contributed by atoms with E-state index in [1.54, 1.807) is 24.3 Å². The standard InChI is InChI=1S/C12H8Cl2N2O2/c13-10-4-3-8(6-11(10)14)12(17)16-15-7-9-2-1-5-18-9/h1-7H,(H,16,17). The van der Waals surface area contributed by atoms with Gasteiger partial charge in [0.25, 0.3) is 5.91 Å². The Morgan fingerprint density at radius 3 is 2.78 bits per heavy atom. The molecule has 0 aliphatic rings. The van der Waals surface area contributed by atoms with Crippen LogP contribution in [0.5, 0.6) is 0 Å². The second-order valence-electron chi connectivity index (χ2n) is 3.34. The van der Waals surface area contributed by atoms with Crippen LogP contribution < -0.4 is 5.43 Å². The highest BCUT2D eigenvalue weighted by Crippen LogP contribution is 2.22. The van der Waals surface area contributed by atoms with Crippen molar-refractivity contribution < 1.29 is 9.21 Å². The van der Waals surface area contributed by atoms with E-state index in [0.29, 0.717) is 21.4 Å². The van der Waals surface area contributed by atoms with Crippen LogP contribution in [-0.2, 0) is 0 Å². The predicted molar refractivity (Wildman–Crippen MR) is 70.2 cm³/mol. The molecule has 0 spiro atoms. The maximum atomic E-state index is 11.7. The van der Waals surface area contributed by atoms with Crippen molar-refractivity contribution in [3.8, 4) is 0 Å². The lowest BCUT2D eigenvalue weighted by Crippen LogP contribution is -2.17. The Hall–Kier alpha value is -1.78. The summed E-state index contributed by atoms with van der Waals surface area (Å²) >= 11 is 11.6. The summed E-state index contributed by atoms with van der Waals surface area (Å²) in [5.74, 6) is 0.167. The number of nitrogens with one attached hydrogen (secondary N) is 1. The quantitative estimate of drug-likeness (QED) is 0.693. The summed E-state index contributed by atoms with van der Waals surface area (Å²) < 4.78 is 5.02. The van der Waals surface area contributed by atoms with Crippen LogP contribution in [0.3, 0.4) is 0 Å². The Morgan fingerprint density at radius 1 is 1.28 bits per heavy atom. The average molecular weight is 283 g/mol. The molecule has 6 heteroatoms. The van der Waals surface area contributed by atoms with Crippen LogP contribution in [0, 0.1) is 0 Å². The van der Waals surface area contributed by atoms with Gasteiger partial charge in [-0.25, -0.2) is 5.43 Å². The second-order valence-corrected chi connectivity index (χ2v) is 4.16. The third-order valence-electron chi connectivity index (χ3n) is 2.08. The molecule has 4 nitrogen and oxygen atoms in total. The Bertz CT molecular complexity index is 580. The van der Waals surface area contributed by atoms with E-state index in [0.717, 1.165) is 0 Å². The number of hydrazone groups is 1. The Labute approximate surface area is 113 Å². The van der Waals surface area contributed by atoms with Crippen molar-refractivity contribution in [1.82, 2.24) is 5.43 Å². The Morgan fingerprint density at radius 2 is 2.11 bits per heavy atom. The highest BCUT2D eigenvalue weighted by atomic mass is 35.5. The van der Waals surface area contributed by atoms with Gasteiger partial charge in [-0.2, -0.15) is 5.10 Å². The molecule has 0 aliphatic heterocycles. The highest BCUT2D eigenvalue weighted by Gasteiger charge is 2.06. The van der Waals surface area contributed by atoms with E-state index in [-0.39, 0.29) is 5.91 Å². The highest BCUT2D eigenvalue weighted by molar-refractivity contribution is 6.42. The van der Waals surface area contributed by atoms with Gasteiger partial charge in [0.2, 0.25) is 0 Å². The molecule has 0 saturated heterocycles. The molecule has 1 amide bonds. The lowest BCUT2D eigenvalue weighted by atomic mass is 10.2. The first-order valence-electron chi connectivity index (χ1n) is 4.99. The topological polar surface area (TPSA) is 54.6 Å². The summed E-state index contributed by atoms with van der Waals surface area (Å²) in [5, 5.41) is 4.46. The molecule has 0 atom stereocenters. The van der Waals surface area contributed by atoms with Gasteiger partial charge in [-0.05, 0) is 30.3 Å². The van der Waals surface area contributed by atoms with Crippen molar-refractivity contribution in [2.75, 3.05) is 0 Å². The molecule has 0 bridgehead atoms. The van der Waals surface area contributed by atoms with Gasteiger partial charge in [0.05, 0.1) is 22.5 Å². The molecule has 2 rings (SSSR count). The zero-order valence-electron chi connectivity index (χ0n) is 9.06. The molecular formula is C12H8Cl2N2O2. The normalized spacial score (nSPS) is 10.8. The summed E-state index contributed by atoms with van der Waals surface area (Å²) in [7, 11) is 0. The van der Waals surface area contributed by atoms with Crippen LogP contribution in [0.1, 0.15) is 16.1 Å². The fourth-order valence-corrected chi connectivity index (χ4v) is 1.52. The van der Waals surface area contributed by atoms with E-state index >= 15 is 0 Å². The maximum Gasteiger partial charge on any atom is 0.271 e. The van der Waals surface area contributed by atoms with Gasteiger partial charge in [0.1, 0.15) is 5.76 Å². The first-order valence-corrected chi connectivity index (χ1v) is 5.74. The van der Waals surface area contributed by atoms with Crippen molar-refractivity contribution >= 4 is 35.3 Å². The van der Waals surface area contributed by atoms with E-state index in [9.17, 15) is 4.79 Å². The zero-order chi connectivity index (χ0) is 13.0. The van der Waals surface area contributed by atoms with Gasteiger partial charge in [-0.1, -0.05) is 23.2 Å².